The number of rotatable bonds is 10. The minimum Gasteiger partial charge on any atom is -0.489 e. The molecule has 0 radical (unpaired) electrons. The Hall–Kier alpha value is -2.97. The zero-order chi connectivity index (χ0) is 25.8. The zero-order valence-corrected chi connectivity index (χ0v) is 21.9. The van der Waals surface area contributed by atoms with E-state index in [9.17, 15) is 9.59 Å². The molecule has 0 aliphatic rings. The molecule has 0 bridgehead atoms. The number of benzene rings is 2. The Kier molecular flexibility index (Phi) is 11.7. The molecule has 0 unspecified atom stereocenters. The SMILES string of the molecule is CCOC(=O)CCCNC(=O)N(Cc1ccc(Cl)cc1)/C(=N/c1ccc(OC(C)C)c(Cl)c1)NC. The van der Waals surface area contributed by atoms with Crippen molar-refractivity contribution in [2.75, 3.05) is 20.2 Å². The summed E-state index contributed by atoms with van der Waals surface area (Å²) in [7, 11) is 1.68. The van der Waals surface area contributed by atoms with Crippen LogP contribution < -0.4 is 15.4 Å². The Bertz CT molecular complexity index is 1010. The second-order valence-electron chi connectivity index (χ2n) is 7.82. The van der Waals surface area contributed by atoms with E-state index in [0.717, 1.165) is 5.56 Å². The van der Waals surface area contributed by atoms with Gasteiger partial charge in [-0.15, -0.1) is 0 Å². The summed E-state index contributed by atoms with van der Waals surface area (Å²) >= 11 is 12.4. The van der Waals surface area contributed by atoms with Crippen LogP contribution in [0.5, 0.6) is 5.75 Å². The normalized spacial score (nSPS) is 11.2. The van der Waals surface area contributed by atoms with Gasteiger partial charge in [-0.1, -0.05) is 35.3 Å². The molecule has 0 aliphatic heterocycles. The highest BCUT2D eigenvalue weighted by Crippen LogP contribution is 2.30. The van der Waals surface area contributed by atoms with Crippen LogP contribution in [0.3, 0.4) is 0 Å². The molecule has 0 saturated carbocycles. The first kappa shape index (κ1) is 28.3. The van der Waals surface area contributed by atoms with Crippen LogP contribution in [0.25, 0.3) is 0 Å². The van der Waals surface area contributed by atoms with Gasteiger partial charge in [0.2, 0.25) is 5.96 Å². The van der Waals surface area contributed by atoms with E-state index >= 15 is 0 Å². The lowest BCUT2D eigenvalue weighted by atomic mass is 10.2. The maximum absolute atomic E-state index is 13.1. The molecule has 2 aromatic rings. The average molecular weight is 523 g/mol. The molecule has 2 amide bonds. The molecule has 0 fully saturated rings. The third-order valence-electron chi connectivity index (χ3n) is 4.63. The van der Waals surface area contributed by atoms with Gasteiger partial charge in [0.15, 0.2) is 0 Å². The number of urea groups is 1. The van der Waals surface area contributed by atoms with Crippen molar-refractivity contribution < 1.29 is 19.1 Å². The lowest BCUT2D eigenvalue weighted by molar-refractivity contribution is -0.143. The van der Waals surface area contributed by atoms with Gasteiger partial charge < -0.3 is 20.1 Å². The molecule has 8 nitrogen and oxygen atoms in total. The molecule has 190 valence electrons. The zero-order valence-electron chi connectivity index (χ0n) is 20.4. The summed E-state index contributed by atoms with van der Waals surface area (Å²) in [5, 5.41) is 6.86. The molecule has 2 N–H and O–H groups in total. The van der Waals surface area contributed by atoms with Crippen molar-refractivity contribution in [2.45, 2.75) is 46.3 Å². The number of hydrogen-bond donors (Lipinski definition) is 2. The van der Waals surface area contributed by atoms with E-state index in [0.29, 0.717) is 47.0 Å². The molecule has 2 aromatic carbocycles. The van der Waals surface area contributed by atoms with Gasteiger partial charge in [0.25, 0.3) is 0 Å². The fourth-order valence-electron chi connectivity index (χ4n) is 3.05. The number of carbonyl (C=O) groups excluding carboxylic acids is 2. The molecule has 0 saturated heterocycles. The Morgan fingerprint density at radius 2 is 1.83 bits per heavy atom. The standard InChI is InChI=1S/C25H32Cl2N4O4/c1-5-34-23(32)7-6-14-29-25(33)31(16-18-8-10-19(26)11-9-18)24(28-4)30-20-12-13-22(21(27)15-20)35-17(2)3/h8-13,15,17H,5-7,14,16H2,1-4H3,(H,28,30)(H,29,33). The van der Waals surface area contributed by atoms with Gasteiger partial charge in [-0.3, -0.25) is 9.69 Å². The first-order chi connectivity index (χ1) is 16.7. The number of nitrogens with zero attached hydrogens (tertiary/aromatic N) is 2. The minimum absolute atomic E-state index is 0.0166. The van der Waals surface area contributed by atoms with Crippen LogP contribution in [0.1, 0.15) is 39.2 Å². The molecule has 0 atom stereocenters. The maximum Gasteiger partial charge on any atom is 0.324 e. The summed E-state index contributed by atoms with van der Waals surface area (Å²) in [6, 6.07) is 12.0. The van der Waals surface area contributed by atoms with Crippen molar-refractivity contribution in [1.29, 1.82) is 0 Å². The number of ether oxygens (including phenoxy) is 2. The topological polar surface area (TPSA) is 92.3 Å². The summed E-state index contributed by atoms with van der Waals surface area (Å²) in [4.78, 5) is 30.8. The van der Waals surface area contributed by atoms with Crippen molar-refractivity contribution in [3.63, 3.8) is 0 Å². The summed E-state index contributed by atoms with van der Waals surface area (Å²) in [6.45, 7) is 6.46. The summed E-state index contributed by atoms with van der Waals surface area (Å²) < 4.78 is 10.6. The number of amides is 2. The molecule has 35 heavy (non-hydrogen) atoms. The second-order valence-corrected chi connectivity index (χ2v) is 8.66. The third kappa shape index (κ3) is 9.66. The number of hydrogen-bond acceptors (Lipinski definition) is 5. The predicted octanol–water partition coefficient (Wildman–Crippen LogP) is 5.54. The Labute approximate surface area is 216 Å². The van der Waals surface area contributed by atoms with Gasteiger partial charge in [-0.2, -0.15) is 0 Å². The smallest absolute Gasteiger partial charge is 0.324 e. The minimum atomic E-state index is -0.372. The molecule has 2 rings (SSSR count). The van der Waals surface area contributed by atoms with Crippen LogP contribution in [-0.4, -0.2) is 49.2 Å². The fourth-order valence-corrected chi connectivity index (χ4v) is 3.40. The van der Waals surface area contributed by atoms with E-state index in [2.05, 4.69) is 15.6 Å². The van der Waals surface area contributed by atoms with Crippen molar-refractivity contribution in [2.24, 2.45) is 4.99 Å². The third-order valence-corrected chi connectivity index (χ3v) is 5.18. The molecule has 0 heterocycles. The van der Waals surface area contributed by atoms with Crippen molar-refractivity contribution in [3.05, 3.63) is 58.1 Å². The van der Waals surface area contributed by atoms with E-state index < -0.39 is 0 Å². The number of aliphatic imine (C=N–C) groups is 1. The van der Waals surface area contributed by atoms with E-state index in [1.54, 1.807) is 44.3 Å². The maximum atomic E-state index is 13.1. The van der Waals surface area contributed by atoms with Gasteiger partial charge >= 0.3 is 12.0 Å². The second kappa shape index (κ2) is 14.4. The van der Waals surface area contributed by atoms with E-state index in [1.807, 2.05) is 26.0 Å². The molecule has 0 aromatic heterocycles. The van der Waals surface area contributed by atoms with E-state index in [4.69, 9.17) is 32.7 Å². The summed E-state index contributed by atoms with van der Waals surface area (Å²) in [5.74, 6) is 0.583. The Balaban J connectivity index is 2.23. The summed E-state index contributed by atoms with van der Waals surface area (Å²) in [5.41, 5.74) is 1.41. The number of esters is 1. The predicted molar refractivity (Wildman–Crippen MR) is 140 cm³/mol. The van der Waals surface area contributed by atoms with Gasteiger partial charge in [-0.05, 0) is 63.1 Å². The number of halogens is 2. The highest BCUT2D eigenvalue weighted by molar-refractivity contribution is 6.32. The van der Waals surface area contributed by atoms with Crippen LogP contribution in [-0.2, 0) is 16.1 Å². The number of nitrogens with one attached hydrogen (secondary N) is 2. The first-order valence-electron chi connectivity index (χ1n) is 11.4. The molecule has 10 heteroatoms. The van der Waals surface area contributed by atoms with Gasteiger partial charge in [-0.25, -0.2) is 9.79 Å². The highest BCUT2D eigenvalue weighted by Gasteiger charge is 2.20. The number of guanidine groups is 1. The monoisotopic (exact) mass is 522 g/mol. The first-order valence-corrected chi connectivity index (χ1v) is 12.2. The average Bonchev–Trinajstić information content (AvgIpc) is 2.81. The Morgan fingerprint density at radius 1 is 1.11 bits per heavy atom. The van der Waals surface area contributed by atoms with Crippen LogP contribution in [0.15, 0.2) is 47.5 Å². The lowest BCUT2D eigenvalue weighted by Crippen LogP contribution is -2.48. The molecular weight excluding hydrogens is 491 g/mol. The molecular formula is C25H32Cl2N4O4. The highest BCUT2D eigenvalue weighted by atomic mass is 35.5. The number of carbonyl (C=O) groups is 2. The van der Waals surface area contributed by atoms with Crippen LogP contribution in [0.4, 0.5) is 10.5 Å². The largest absolute Gasteiger partial charge is 0.489 e. The quantitative estimate of drug-likeness (QED) is 0.185. The Morgan fingerprint density at radius 3 is 2.43 bits per heavy atom. The summed E-state index contributed by atoms with van der Waals surface area (Å²) in [6.07, 6.45) is 0.664. The molecule has 0 aliphatic carbocycles. The van der Waals surface area contributed by atoms with Crippen molar-refractivity contribution >= 4 is 46.8 Å². The van der Waals surface area contributed by atoms with Gasteiger partial charge in [0.1, 0.15) is 5.75 Å². The van der Waals surface area contributed by atoms with Gasteiger partial charge in [0.05, 0.1) is 30.0 Å². The van der Waals surface area contributed by atoms with Crippen LogP contribution >= 0.6 is 23.2 Å². The van der Waals surface area contributed by atoms with E-state index in [-0.39, 0.29) is 31.1 Å². The fraction of sp³-hybridized carbons (Fsp3) is 0.400. The van der Waals surface area contributed by atoms with Crippen molar-refractivity contribution in [3.8, 4) is 5.75 Å². The lowest BCUT2D eigenvalue weighted by Gasteiger charge is -2.24. The van der Waals surface area contributed by atoms with E-state index in [1.165, 1.54) is 4.90 Å². The van der Waals surface area contributed by atoms with Crippen LogP contribution in [0, 0.1) is 0 Å². The van der Waals surface area contributed by atoms with Crippen LogP contribution in [0.2, 0.25) is 10.0 Å². The van der Waals surface area contributed by atoms with Crippen molar-refractivity contribution in [1.82, 2.24) is 15.5 Å². The molecule has 0 spiro atoms. The van der Waals surface area contributed by atoms with Gasteiger partial charge in [0, 0.05) is 25.0 Å².